The van der Waals surface area contributed by atoms with Crippen LogP contribution in [0.25, 0.3) is 0 Å². The van der Waals surface area contributed by atoms with Crippen LogP contribution in [-0.2, 0) is 29.4 Å². The Morgan fingerprint density at radius 1 is 1.33 bits per heavy atom. The van der Waals surface area contributed by atoms with E-state index in [0.717, 1.165) is 17.2 Å². The zero-order chi connectivity index (χ0) is 13.1. The van der Waals surface area contributed by atoms with Gasteiger partial charge in [0.05, 0.1) is 5.75 Å². The van der Waals surface area contributed by atoms with Crippen molar-refractivity contribution in [2.75, 3.05) is 0 Å². The second kappa shape index (κ2) is 5.63. The molecule has 0 spiro atoms. The fourth-order valence-electron chi connectivity index (χ4n) is 1.58. The van der Waals surface area contributed by atoms with Gasteiger partial charge in [0.2, 0.25) is 0 Å². The Morgan fingerprint density at radius 2 is 2.11 bits per heavy atom. The molecule has 0 N–H and O–H groups in total. The number of nitrogens with zero attached hydrogens (tertiary/aromatic N) is 3. The van der Waals surface area contributed by atoms with Crippen molar-refractivity contribution in [2.24, 2.45) is 7.05 Å². The van der Waals surface area contributed by atoms with E-state index >= 15 is 0 Å². The summed E-state index contributed by atoms with van der Waals surface area (Å²) in [6, 6.07) is 7.43. The van der Waals surface area contributed by atoms with Crippen LogP contribution in [0, 0.1) is 6.92 Å². The quantitative estimate of drug-likeness (QED) is 0.864. The van der Waals surface area contributed by atoms with Crippen LogP contribution < -0.4 is 0 Å². The molecule has 2 aromatic rings. The number of halogens is 1. The zero-order valence-electron chi connectivity index (χ0n) is 10.3. The Bertz CT molecular complexity index is 582. The third-order valence-corrected chi connectivity index (χ3v) is 4.16. The summed E-state index contributed by atoms with van der Waals surface area (Å²) in [4.78, 5) is 0. The third-order valence-electron chi connectivity index (χ3n) is 2.69. The molecular formula is C12H14ClN3OS. The summed E-state index contributed by atoms with van der Waals surface area (Å²) in [6.45, 7) is 1.87. The SMILES string of the molecule is Cc1nnc(CS(=O)Cc2cccc(Cl)c2)n1C. The smallest absolute Gasteiger partial charge is 0.145 e. The highest BCUT2D eigenvalue weighted by Crippen LogP contribution is 2.13. The van der Waals surface area contributed by atoms with Gasteiger partial charge in [0.25, 0.3) is 0 Å². The van der Waals surface area contributed by atoms with Crippen LogP contribution in [0.4, 0.5) is 0 Å². The van der Waals surface area contributed by atoms with Gasteiger partial charge in [0.1, 0.15) is 11.6 Å². The van der Waals surface area contributed by atoms with Gasteiger partial charge in [0.15, 0.2) is 0 Å². The molecule has 0 bridgehead atoms. The third kappa shape index (κ3) is 3.17. The molecular weight excluding hydrogens is 270 g/mol. The molecule has 1 aromatic heterocycles. The summed E-state index contributed by atoms with van der Waals surface area (Å²) in [7, 11) is 0.867. The number of hydrogen-bond acceptors (Lipinski definition) is 3. The molecule has 0 aliphatic rings. The fraction of sp³-hybridized carbons (Fsp3) is 0.333. The van der Waals surface area contributed by atoms with E-state index in [1.165, 1.54) is 0 Å². The Labute approximate surface area is 113 Å². The van der Waals surface area contributed by atoms with E-state index in [2.05, 4.69) is 10.2 Å². The normalized spacial score (nSPS) is 12.6. The maximum atomic E-state index is 12.0. The molecule has 18 heavy (non-hydrogen) atoms. The minimum atomic E-state index is -1.01. The van der Waals surface area contributed by atoms with Crippen LogP contribution in [0.15, 0.2) is 24.3 Å². The van der Waals surface area contributed by atoms with Crippen molar-refractivity contribution in [1.29, 1.82) is 0 Å². The number of aromatic nitrogens is 3. The Hall–Kier alpha value is -1.20. The maximum Gasteiger partial charge on any atom is 0.145 e. The van der Waals surface area contributed by atoms with E-state index < -0.39 is 10.8 Å². The first-order valence-electron chi connectivity index (χ1n) is 5.50. The van der Waals surface area contributed by atoms with Crippen LogP contribution in [0.1, 0.15) is 17.2 Å². The average Bonchev–Trinajstić information content (AvgIpc) is 2.61. The lowest BCUT2D eigenvalue weighted by atomic mass is 10.2. The Morgan fingerprint density at radius 3 is 2.72 bits per heavy atom. The molecule has 1 aromatic carbocycles. The molecule has 0 saturated heterocycles. The summed E-state index contributed by atoms with van der Waals surface area (Å²) in [6.07, 6.45) is 0. The molecule has 1 heterocycles. The fourth-order valence-corrected chi connectivity index (χ4v) is 2.99. The van der Waals surface area contributed by atoms with Gasteiger partial charge in [0, 0.05) is 28.6 Å². The minimum absolute atomic E-state index is 0.407. The van der Waals surface area contributed by atoms with Gasteiger partial charge in [-0.2, -0.15) is 0 Å². The van der Waals surface area contributed by atoms with Crippen molar-refractivity contribution >= 4 is 22.4 Å². The molecule has 6 heteroatoms. The van der Waals surface area contributed by atoms with Crippen molar-refractivity contribution in [3.63, 3.8) is 0 Å². The molecule has 0 amide bonds. The highest BCUT2D eigenvalue weighted by molar-refractivity contribution is 7.83. The lowest BCUT2D eigenvalue weighted by Crippen LogP contribution is -2.05. The monoisotopic (exact) mass is 283 g/mol. The first-order valence-corrected chi connectivity index (χ1v) is 7.37. The van der Waals surface area contributed by atoms with Gasteiger partial charge in [-0.05, 0) is 24.6 Å². The molecule has 4 nitrogen and oxygen atoms in total. The number of benzene rings is 1. The van der Waals surface area contributed by atoms with Crippen molar-refractivity contribution in [3.05, 3.63) is 46.5 Å². The molecule has 2 rings (SSSR count). The molecule has 1 unspecified atom stereocenters. The highest BCUT2D eigenvalue weighted by atomic mass is 35.5. The van der Waals surface area contributed by atoms with Crippen molar-refractivity contribution < 1.29 is 4.21 Å². The van der Waals surface area contributed by atoms with E-state index in [-0.39, 0.29) is 0 Å². The lowest BCUT2D eigenvalue weighted by Gasteiger charge is -2.03. The van der Waals surface area contributed by atoms with Gasteiger partial charge in [-0.1, -0.05) is 23.7 Å². The summed E-state index contributed by atoms with van der Waals surface area (Å²) in [5.41, 5.74) is 0.972. The van der Waals surface area contributed by atoms with Crippen molar-refractivity contribution in [3.8, 4) is 0 Å². The van der Waals surface area contributed by atoms with E-state index in [1.807, 2.05) is 36.7 Å². The predicted molar refractivity (Wildman–Crippen MR) is 72.7 cm³/mol. The first-order chi connectivity index (χ1) is 8.56. The summed E-state index contributed by atoms with van der Waals surface area (Å²) in [5, 5.41) is 8.62. The van der Waals surface area contributed by atoms with Gasteiger partial charge in [-0.3, -0.25) is 4.21 Å². The summed E-state index contributed by atoms with van der Waals surface area (Å²) >= 11 is 5.89. The molecule has 0 fully saturated rings. The van der Waals surface area contributed by atoms with Crippen LogP contribution in [0.5, 0.6) is 0 Å². The Kier molecular flexibility index (Phi) is 4.14. The van der Waals surface area contributed by atoms with E-state index in [4.69, 9.17) is 11.6 Å². The largest absolute Gasteiger partial charge is 0.318 e. The zero-order valence-corrected chi connectivity index (χ0v) is 11.8. The molecule has 0 aliphatic carbocycles. The molecule has 0 saturated carbocycles. The minimum Gasteiger partial charge on any atom is -0.318 e. The average molecular weight is 284 g/mol. The van der Waals surface area contributed by atoms with Crippen LogP contribution >= 0.6 is 11.6 Å². The summed E-state index contributed by atoms with van der Waals surface area (Å²) in [5.74, 6) is 2.45. The highest BCUT2D eigenvalue weighted by Gasteiger charge is 2.10. The number of hydrogen-bond donors (Lipinski definition) is 0. The van der Waals surface area contributed by atoms with E-state index in [9.17, 15) is 4.21 Å². The van der Waals surface area contributed by atoms with Gasteiger partial charge >= 0.3 is 0 Å². The topological polar surface area (TPSA) is 47.8 Å². The molecule has 1 atom stereocenters. The van der Waals surface area contributed by atoms with Gasteiger partial charge in [-0.15, -0.1) is 10.2 Å². The van der Waals surface area contributed by atoms with E-state index in [1.54, 1.807) is 6.07 Å². The van der Waals surface area contributed by atoms with Crippen LogP contribution in [0.3, 0.4) is 0 Å². The van der Waals surface area contributed by atoms with Gasteiger partial charge < -0.3 is 4.57 Å². The second-order valence-electron chi connectivity index (χ2n) is 4.08. The van der Waals surface area contributed by atoms with E-state index in [0.29, 0.717) is 16.5 Å². The van der Waals surface area contributed by atoms with Crippen molar-refractivity contribution in [2.45, 2.75) is 18.4 Å². The number of rotatable bonds is 4. The Balaban J connectivity index is 2.03. The molecule has 0 aliphatic heterocycles. The first kappa shape index (κ1) is 13.2. The predicted octanol–water partition coefficient (Wildman–Crippen LogP) is 2.23. The van der Waals surface area contributed by atoms with Crippen LogP contribution in [0.2, 0.25) is 5.02 Å². The standard InChI is InChI=1S/C12H14ClN3OS/c1-9-14-15-12(16(9)2)8-18(17)7-10-4-3-5-11(13)6-10/h3-6H,7-8H2,1-2H3. The number of aryl methyl sites for hydroxylation is 1. The van der Waals surface area contributed by atoms with Gasteiger partial charge in [-0.25, -0.2) is 0 Å². The maximum absolute atomic E-state index is 12.0. The lowest BCUT2D eigenvalue weighted by molar-refractivity contribution is 0.678. The van der Waals surface area contributed by atoms with Crippen LogP contribution in [-0.4, -0.2) is 19.0 Å². The summed E-state index contributed by atoms with van der Waals surface area (Å²) < 4.78 is 13.9. The second-order valence-corrected chi connectivity index (χ2v) is 5.97. The van der Waals surface area contributed by atoms with Crippen molar-refractivity contribution in [1.82, 2.24) is 14.8 Å². The molecule has 0 radical (unpaired) electrons. The molecule has 96 valence electrons.